The average molecular weight is 265 g/mol. The molecule has 18 heavy (non-hydrogen) atoms. The number of nitrogens with zero attached hydrogens (tertiary/aromatic N) is 1. The summed E-state index contributed by atoms with van der Waals surface area (Å²) in [7, 11) is 3.12. The first kappa shape index (κ1) is 12.4. The molecule has 2 aromatic rings. The van der Waals surface area contributed by atoms with Gasteiger partial charge in [0.15, 0.2) is 0 Å². The fourth-order valence-electron chi connectivity index (χ4n) is 1.48. The number of benzene rings is 1. The van der Waals surface area contributed by atoms with E-state index < -0.39 is 5.97 Å². The molecule has 94 valence electrons. The first-order chi connectivity index (χ1) is 8.65. The Morgan fingerprint density at radius 3 is 2.67 bits per heavy atom. The molecule has 0 amide bonds. The minimum absolute atomic E-state index is 0.190. The second-order valence-corrected chi connectivity index (χ2v) is 4.43. The SMILES string of the molecule is COc1ccc(OC)c(-c2ncc(C(=O)O)s2)c1. The van der Waals surface area contributed by atoms with Crippen LogP contribution in [0.4, 0.5) is 0 Å². The van der Waals surface area contributed by atoms with Gasteiger partial charge in [0.1, 0.15) is 21.4 Å². The molecule has 0 radical (unpaired) electrons. The third-order valence-electron chi connectivity index (χ3n) is 2.35. The van der Waals surface area contributed by atoms with Crippen LogP contribution in [0.2, 0.25) is 0 Å². The molecule has 0 aliphatic carbocycles. The zero-order valence-electron chi connectivity index (χ0n) is 9.84. The quantitative estimate of drug-likeness (QED) is 0.920. The second kappa shape index (κ2) is 5.05. The van der Waals surface area contributed by atoms with Crippen molar-refractivity contribution in [1.29, 1.82) is 0 Å². The minimum atomic E-state index is -0.986. The van der Waals surface area contributed by atoms with E-state index in [2.05, 4.69) is 4.98 Å². The van der Waals surface area contributed by atoms with Gasteiger partial charge in [0.2, 0.25) is 0 Å². The smallest absolute Gasteiger partial charge is 0.347 e. The van der Waals surface area contributed by atoms with Crippen molar-refractivity contribution in [2.45, 2.75) is 0 Å². The summed E-state index contributed by atoms with van der Waals surface area (Å²) < 4.78 is 10.4. The predicted molar refractivity (Wildman–Crippen MR) is 67.6 cm³/mol. The number of ether oxygens (including phenoxy) is 2. The minimum Gasteiger partial charge on any atom is -0.497 e. The summed E-state index contributed by atoms with van der Waals surface area (Å²) in [5.74, 6) is 0.306. The predicted octanol–water partition coefficient (Wildman–Crippen LogP) is 2.53. The van der Waals surface area contributed by atoms with Crippen LogP contribution in [-0.2, 0) is 0 Å². The summed E-state index contributed by atoms with van der Waals surface area (Å²) in [5, 5.41) is 9.47. The number of methoxy groups -OCH3 is 2. The van der Waals surface area contributed by atoms with Crippen molar-refractivity contribution in [3.63, 3.8) is 0 Å². The van der Waals surface area contributed by atoms with Gasteiger partial charge in [0.05, 0.1) is 26.0 Å². The van der Waals surface area contributed by atoms with Gasteiger partial charge in [-0.15, -0.1) is 11.3 Å². The lowest BCUT2D eigenvalue weighted by Crippen LogP contribution is -1.90. The molecule has 0 aliphatic heterocycles. The highest BCUT2D eigenvalue weighted by molar-refractivity contribution is 7.16. The molecule has 1 N–H and O–H groups in total. The molecule has 1 heterocycles. The van der Waals surface area contributed by atoms with Crippen LogP contribution >= 0.6 is 11.3 Å². The molecule has 1 aromatic heterocycles. The molecular weight excluding hydrogens is 254 g/mol. The topological polar surface area (TPSA) is 68.7 Å². The second-order valence-electron chi connectivity index (χ2n) is 3.40. The highest BCUT2D eigenvalue weighted by atomic mass is 32.1. The van der Waals surface area contributed by atoms with Crippen LogP contribution in [0.3, 0.4) is 0 Å². The fraction of sp³-hybridized carbons (Fsp3) is 0.167. The summed E-state index contributed by atoms with van der Waals surface area (Å²) in [5.41, 5.74) is 0.717. The van der Waals surface area contributed by atoms with Crippen molar-refractivity contribution < 1.29 is 19.4 Å². The Morgan fingerprint density at radius 1 is 1.33 bits per heavy atom. The van der Waals surface area contributed by atoms with Crippen molar-refractivity contribution in [3.8, 4) is 22.1 Å². The highest BCUT2D eigenvalue weighted by Gasteiger charge is 2.14. The number of hydrogen-bond donors (Lipinski definition) is 1. The van der Waals surface area contributed by atoms with E-state index in [0.717, 1.165) is 11.3 Å². The maximum Gasteiger partial charge on any atom is 0.347 e. The lowest BCUT2D eigenvalue weighted by Gasteiger charge is -2.07. The fourth-order valence-corrected chi connectivity index (χ4v) is 2.25. The third kappa shape index (κ3) is 2.28. The summed E-state index contributed by atoms with van der Waals surface area (Å²) in [6.07, 6.45) is 1.33. The average Bonchev–Trinajstić information content (AvgIpc) is 2.87. The molecule has 0 fully saturated rings. The molecule has 1 aromatic carbocycles. The summed E-state index contributed by atoms with van der Waals surface area (Å²) in [4.78, 5) is 15.1. The number of carboxylic acid groups (broad SMARTS) is 1. The van der Waals surface area contributed by atoms with Gasteiger partial charge in [-0.3, -0.25) is 0 Å². The van der Waals surface area contributed by atoms with E-state index in [9.17, 15) is 4.79 Å². The van der Waals surface area contributed by atoms with Crippen molar-refractivity contribution >= 4 is 17.3 Å². The number of aromatic carboxylic acids is 1. The zero-order chi connectivity index (χ0) is 13.1. The Morgan fingerprint density at radius 2 is 2.11 bits per heavy atom. The van der Waals surface area contributed by atoms with Crippen molar-refractivity contribution in [3.05, 3.63) is 29.3 Å². The summed E-state index contributed by atoms with van der Waals surface area (Å²) in [6, 6.07) is 5.30. The van der Waals surface area contributed by atoms with Crippen LogP contribution in [-0.4, -0.2) is 30.3 Å². The molecule has 2 rings (SSSR count). The summed E-state index contributed by atoms with van der Waals surface area (Å²) in [6.45, 7) is 0. The Bertz CT molecular complexity index is 579. The standard InChI is InChI=1S/C12H11NO4S/c1-16-7-3-4-9(17-2)8(5-7)11-13-6-10(18-11)12(14)15/h3-6H,1-2H3,(H,14,15). The van der Waals surface area contributed by atoms with Crippen LogP contribution < -0.4 is 9.47 Å². The van der Waals surface area contributed by atoms with Gasteiger partial charge in [-0.05, 0) is 18.2 Å². The molecule has 0 bridgehead atoms. The number of hydrogen-bond acceptors (Lipinski definition) is 5. The molecular formula is C12H11NO4S. The first-order valence-electron chi connectivity index (χ1n) is 5.07. The van der Waals surface area contributed by atoms with Crippen LogP contribution in [0, 0.1) is 0 Å². The highest BCUT2D eigenvalue weighted by Crippen LogP contribution is 2.35. The molecule has 0 spiro atoms. The van der Waals surface area contributed by atoms with E-state index in [-0.39, 0.29) is 4.88 Å². The first-order valence-corrected chi connectivity index (χ1v) is 5.89. The van der Waals surface area contributed by atoms with Crippen LogP contribution in [0.5, 0.6) is 11.5 Å². The number of carbonyl (C=O) groups is 1. The molecule has 0 unspecified atom stereocenters. The van der Waals surface area contributed by atoms with Crippen LogP contribution in [0.15, 0.2) is 24.4 Å². The van der Waals surface area contributed by atoms with Crippen molar-refractivity contribution in [2.24, 2.45) is 0 Å². The van der Waals surface area contributed by atoms with E-state index in [1.165, 1.54) is 6.20 Å². The van der Waals surface area contributed by atoms with Crippen molar-refractivity contribution in [1.82, 2.24) is 4.98 Å². The largest absolute Gasteiger partial charge is 0.497 e. The Balaban J connectivity index is 2.50. The van der Waals surface area contributed by atoms with E-state index in [1.54, 1.807) is 32.4 Å². The van der Waals surface area contributed by atoms with E-state index in [0.29, 0.717) is 22.1 Å². The maximum absolute atomic E-state index is 10.8. The van der Waals surface area contributed by atoms with Gasteiger partial charge in [0.25, 0.3) is 0 Å². The number of aromatic nitrogens is 1. The zero-order valence-corrected chi connectivity index (χ0v) is 10.7. The lowest BCUT2D eigenvalue weighted by molar-refractivity contribution is 0.0702. The van der Waals surface area contributed by atoms with E-state index in [1.807, 2.05) is 0 Å². The molecule has 0 saturated heterocycles. The van der Waals surface area contributed by atoms with Gasteiger partial charge >= 0.3 is 5.97 Å². The Kier molecular flexibility index (Phi) is 3.47. The number of carboxylic acids is 1. The Hall–Kier alpha value is -2.08. The van der Waals surface area contributed by atoms with E-state index >= 15 is 0 Å². The molecule has 5 nitrogen and oxygen atoms in total. The van der Waals surface area contributed by atoms with Gasteiger partial charge < -0.3 is 14.6 Å². The Labute approximate surface area is 108 Å². The molecule has 6 heteroatoms. The number of thiazole rings is 1. The molecule has 0 aliphatic rings. The monoisotopic (exact) mass is 265 g/mol. The van der Waals surface area contributed by atoms with Crippen LogP contribution in [0.1, 0.15) is 9.67 Å². The number of rotatable bonds is 4. The molecule has 0 atom stereocenters. The normalized spacial score (nSPS) is 10.1. The van der Waals surface area contributed by atoms with Crippen molar-refractivity contribution in [2.75, 3.05) is 14.2 Å². The van der Waals surface area contributed by atoms with E-state index in [4.69, 9.17) is 14.6 Å². The van der Waals surface area contributed by atoms with Crippen LogP contribution in [0.25, 0.3) is 10.6 Å². The maximum atomic E-state index is 10.8. The summed E-state index contributed by atoms with van der Waals surface area (Å²) >= 11 is 1.10. The third-order valence-corrected chi connectivity index (χ3v) is 3.37. The molecule has 0 saturated carbocycles. The van der Waals surface area contributed by atoms with Gasteiger partial charge in [0, 0.05) is 0 Å². The van der Waals surface area contributed by atoms with Gasteiger partial charge in [-0.2, -0.15) is 0 Å². The van der Waals surface area contributed by atoms with Gasteiger partial charge in [-0.25, -0.2) is 9.78 Å². The van der Waals surface area contributed by atoms with Gasteiger partial charge in [-0.1, -0.05) is 0 Å². The lowest BCUT2D eigenvalue weighted by atomic mass is 10.2.